The zero-order valence-electron chi connectivity index (χ0n) is 8.18. The summed E-state index contributed by atoms with van der Waals surface area (Å²) >= 11 is 0. The van der Waals surface area contributed by atoms with Gasteiger partial charge in [0.2, 0.25) is 5.95 Å². The van der Waals surface area contributed by atoms with Crippen molar-refractivity contribution in [3.8, 4) is 0 Å². The number of nitrogens with one attached hydrogen (secondary N) is 1. The minimum atomic E-state index is 0.276. The van der Waals surface area contributed by atoms with Crippen LogP contribution < -0.4 is 11.1 Å². The van der Waals surface area contributed by atoms with Gasteiger partial charge in [-0.15, -0.1) is 0 Å². The molecule has 2 heterocycles. The maximum atomic E-state index is 5.44. The molecule has 5 heteroatoms. The fourth-order valence-corrected chi connectivity index (χ4v) is 1.24. The summed E-state index contributed by atoms with van der Waals surface area (Å²) in [7, 11) is 0. The standard InChI is InChI=1S/C10H12N4O/c11-10-13-6-4-9(14-10)12-5-3-8-2-1-7-15-8/h1-2,4,6-7H,3,5H2,(H3,11,12,13,14). The van der Waals surface area contributed by atoms with Gasteiger partial charge in [-0.25, -0.2) is 4.98 Å². The molecule has 5 nitrogen and oxygen atoms in total. The van der Waals surface area contributed by atoms with Crippen molar-refractivity contribution in [1.29, 1.82) is 0 Å². The third kappa shape index (κ3) is 2.70. The molecule has 2 aromatic heterocycles. The predicted octanol–water partition coefficient (Wildman–Crippen LogP) is 1.31. The molecule has 0 aliphatic heterocycles. The van der Waals surface area contributed by atoms with Crippen molar-refractivity contribution in [1.82, 2.24) is 9.97 Å². The summed E-state index contributed by atoms with van der Waals surface area (Å²) in [6, 6.07) is 5.59. The average molecular weight is 204 g/mol. The lowest BCUT2D eigenvalue weighted by atomic mass is 10.3. The highest BCUT2D eigenvalue weighted by atomic mass is 16.3. The first-order valence-corrected chi connectivity index (χ1v) is 4.69. The Hall–Kier alpha value is -2.04. The zero-order valence-corrected chi connectivity index (χ0v) is 8.18. The van der Waals surface area contributed by atoms with E-state index in [9.17, 15) is 0 Å². The second kappa shape index (κ2) is 4.45. The fourth-order valence-electron chi connectivity index (χ4n) is 1.24. The SMILES string of the molecule is Nc1nccc(NCCc2ccco2)n1. The van der Waals surface area contributed by atoms with Gasteiger partial charge in [-0.3, -0.25) is 0 Å². The van der Waals surface area contributed by atoms with Crippen LogP contribution in [-0.4, -0.2) is 16.5 Å². The van der Waals surface area contributed by atoms with Crippen molar-refractivity contribution in [2.45, 2.75) is 6.42 Å². The predicted molar refractivity (Wildman–Crippen MR) is 57.3 cm³/mol. The smallest absolute Gasteiger partial charge is 0.221 e. The number of furan rings is 1. The molecule has 15 heavy (non-hydrogen) atoms. The van der Waals surface area contributed by atoms with E-state index < -0.39 is 0 Å². The topological polar surface area (TPSA) is 77.0 Å². The van der Waals surface area contributed by atoms with Crippen molar-refractivity contribution in [3.05, 3.63) is 36.4 Å². The van der Waals surface area contributed by atoms with Crippen LogP contribution in [0.4, 0.5) is 11.8 Å². The largest absolute Gasteiger partial charge is 0.469 e. The van der Waals surface area contributed by atoms with Crippen LogP contribution in [0.2, 0.25) is 0 Å². The summed E-state index contributed by atoms with van der Waals surface area (Å²) < 4.78 is 5.20. The van der Waals surface area contributed by atoms with E-state index in [1.54, 1.807) is 18.5 Å². The van der Waals surface area contributed by atoms with Gasteiger partial charge in [0.25, 0.3) is 0 Å². The molecule has 78 valence electrons. The summed E-state index contributed by atoms with van der Waals surface area (Å²) in [5.74, 6) is 1.96. The summed E-state index contributed by atoms with van der Waals surface area (Å²) in [4.78, 5) is 7.82. The van der Waals surface area contributed by atoms with E-state index in [4.69, 9.17) is 10.2 Å². The van der Waals surface area contributed by atoms with Crippen molar-refractivity contribution in [2.24, 2.45) is 0 Å². The zero-order chi connectivity index (χ0) is 10.5. The molecule has 0 aromatic carbocycles. The molecule has 0 aliphatic rings. The first-order chi connectivity index (χ1) is 7.34. The Morgan fingerprint density at radius 2 is 2.33 bits per heavy atom. The van der Waals surface area contributed by atoms with Gasteiger partial charge in [0.05, 0.1) is 6.26 Å². The third-order valence-corrected chi connectivity index (χ3v) is 1.93. The molecule has 0 saturated heterocycles. The lowest BCUT2D eigenvalue weighted by Crippen LogP contribution is -2.07. The Labute approximate surface area is 87.3 Å². The lowest BCUT2D eigenvalue weighted by molar-refractivity contribution is 0.513. The molecule has 0 spiro atoms. The lowest BCUT2D eigenvalue weighted by Gasteiger charge is -2.03. The summed E-state index contributed by atoms with van der Waals surface area (Å²) in [6.07, 6.45) is 4.10. The molecule has 0 unspecified atom stereocenters. The van der Waals surface area contributed by atoms with Crippen molar-refractivity contribution in [3.63, 3.8) is 0 Å². The molecule has 0 amide bonds. The number of nitrogen functional groups attached to an aromatic ring is 1. The highest BCUT2D eigenvalue weighted by Gasteiger charge is 1.97. The van der Waals surface area contributed by atoms with E-state index in [1.807, 2.05) is 12.1 Å². The van der Waals surface area contributed by atoms with Gasteiger partial charge in [0.15, 0.2) is 0 Å². The minimum absolute atomic E-state index is 0.276. The monoisotopic (exact) mass is 204 g/mol. The molecule has 0 fully saturated rings. The minimum Gasteiger partial charge on any atom is -0.469 e. The van der Waals surface area contributed by atoms with E-state index in [-0.39, 0.29) is 5.95 Å². The van der Waals surface area contributed by atoms with E-state index in [0.717, 1.165) is 24.5 Å². The molecular weight excluding hydrogens is 192 g/mol. The first kappa shape index (κ1) is 9.51. The molecule has 0 aliphatic carbocycles. The first-order valence-electron chi connectivity index (χ1n) is 4.69. The average Bonchev–Trinajstić information content (AvgIpc) is 2.71. The molecule has 3 N–H and O–H groups in total. The highest BCUT2D eigenvalue weighted by molar-refractivity contribution is 5.37. The number of rotatable bonds is 4. The Morgan fingerprint density at radius 3 is 3.07 bits per heavy atom. The fraction of sp³-hybridized carbons (Fsp3) is 0.200. The molecule has 0 radical (unpaired) electrons. The molecule has 0 saturated carbocycles. The normalized spacial score (nSPS) is 10.1. The summed E-state index contributed by atoms with van der Waals surface area (Å²) in [6.45, 7) is 0.754. The summed E-state index contributed by atoms with van der Waals surface area (Å²) in [5, 5.41) is 3.13. The van der Waals surface area contributed by atoms with Crippen LogP contribution in [0.1, 0.15) is 5.76 Å². The Bertz CT molecular complexity index is 413. The summed E-state index contributed by atoms with van der Waals surface area (Å²) in [5.41, 5.74) is 5.44. The van der Waals surface area contributed by atoms with Gasteiger partial charge in [0, 0.05) is 19.2 Å². The number of hydrogen-bond donors (Lipinski definition) is 2. The molecule has 0 atom stereocenters. The number of aromatic nitrogens is 2. The number of nitrogens with zero attached hydrogens (tertiary/aromatic N) is 2. The van der Waals surface area contributed by atoms with Crippen LogP contribution in [0.25, 0.3) is 0 Å². The number of nitrogens with two attached hydrogens (primary N) is 1. The van der Waals surface area contributed by atoms with Gasteiger partial charge in [0.1, 0.15) is 11.6 Å². The highest BCUT2D eigenvalue weighted by Crippen LogP contribution is 2.04. The van der Waals surface area contributed by atoms with Gasteiger partial charge >= 0.3 is 0 Å². The maximum absolute atomic E-state index is 5.44. The van der Waals surface area contributed by atoms with Crippen molar-refractivity contribution >= 4 is 11.8 Å². The Morgan fingerprint density at radius 1 is 1.40 bits per heavy atom. The van der Waals surface area contributed by atoms with Crippen molar-refractivity contribution < 1.29 is 4.42 Å². The second-order valence-corrected chi connectivity index (χ2v) is 3.06. The molecule has 0 bridgehead atoms. The maximum Gasteiger partial charge on any atom is 0.221 e. The van der Waals surface area contributed by atoms with Crippen LogP contribution in [0, 0.1) is 0 Å². The second-order valence-electron chi connectivity index (χ2n) is 3.06. The van der Waals surface area contributed by atoms with Crippen LogP contribution in [0.3, 0.4) is 0 Å². The number of hydrogen-bond acceptors (Lipinski definition) is 5. The Balaban J connectivity index is 1.83. The van der Waals surface area contributed by atoms with Crippen LogP contribution >= 0.6 is 0 Å². The number of anilines is 2. The van der Waals surface area contributed by atoms with Gasteiger partial charge in [-0.1, -0.05) is 0 Å². The van der Waals surface area contributed by atoms with Crippen LogP contribution in [0.5, 0.6) is 0 Å². The molecular formula is C10H12N4O. The van der Waals surface area contributed by atoms with Crippen molar-refractivity contribution in [2.75, 3.05) is 17.6 Å². The van der Waals surface area contributed by atoms with E-state index >= 15 is 0 Å². The van der Waals surface area contributed by atoms with E-state index in [2.05, 4.69) is 15.3 Å². The quantitative estimate of drug-likeness (QED) is 0.785. The van der Waals surface area contributed by atoms with Crippen LogP contribution in [0.15, 0.2) is 35.1 Å². The third-order valence-electron chi connectivity index (χ3n) is 1.93. The van der Waals surface area contributed by atoms with Crippen LogP contribution in [-0.2, 0) is 6.42 Å². The molecule has 2 rings (SSSR count). The van der Waals surface area contributed by atoms with E-state index in [1.165, 1.54) is 0 Å². The van der Waals surface area contributed by atoms with E-state index in [0.29, 0.717) is 0 Å². The van der Waals surface area contributed by atoms with Gasteiger partial charge in [-0.2, -0.15) is 4.98 Å². The van der Waals surface area contributed by atoms with Gasteiger partial charge in [-0.05, 0) is 18.2 Å². The Kier molecular flexibility index (Phi) is 2.82. The molecule has 2 aromatic rings. The van der Waals surface area contributed by atoms with Gasteiger partial charge < -0.3 is 15.5 Å².